The van der Waals surface area contributed by atoms with Gasteiger partial charge in [-0.25, -0.2) is 0 Å². The molecule has 1 N–H and O–H groups in total. The lowest BCUT2D eigenvalue weighted by molar-refractivity contribution is -0.127. The fourth-order valence-electron chi connectivity index (χ4n) is 4.11. The number of rotatable bonds is 3. The lowest BCUT2D eigenvalue weighted by atomic mass is 9.80. The molecule has 0 aliphatic carbocycles. The van der Waals surface area contributed by atoms with Crippen molar-refractivity contribution in [1.82, 2.24) is 14.7 Å². The molecule has 1 fully saturated rings. The Balaban J connectivity index is 1.46. The quantitative estimate of drug-likeness (QED) is 0.908. The standard InChI is InChI=1S/C21H26N4O2/c1-21(20(27)22-18-14-17-10-5-6-13-25(17)23-18)11-7-12-24(15-21)19(26)16-8-3-2-4-9-16/h2-4,8-9,14H,5-7,10-13,15H2,1H3,(H,22,23,27). The van der Waals surface area contributed by atoms with E-state index < -0.39 is 5.41 Å². The van der Waals surface area contributed by atoms with Gasteiger partial charge in [-0.3, -0.25) is 14.3 Å². The van der Waals surface area contributed by atoms with E-state index in [4.69, 9.17) is 0 Å². The number of amides is 2. The number of aromatic nitrogens is 2. The van der Waals surface area contributed by atoms with E-state index in [1.165, 1.54) is 12.1 Å². The van der Waals surface area contributed by atoms with E-state index in [9.17, 15) is 9.59 Å². The van der Waals surface area contributed by atoms with Gasteiger partial charge in [0.25, 0.3) is 5.91 Å². The molecule has 0 radical (unpaired) electrons. The number of hydrogen-bond donors (Lipinski definition) is 1. The molecule has 27 heavy (non-hydrogen) atoms. The smallest absolute Gasteiger partial charge is 0.253 e. The van der Waals surface area contributed by atoms with Crippen LogP contribution in [0.4, 0.5) is 5.82 Å². The number of carbonyl (C=O) groups excluding carboxylic acids is 2. The van der Waals surface area contributed by atoms with Crippen LogP contribution in [0.25, 0.3) is 0 Å². The van der Waals surface area contributed by atoms with Crippen molar-refractivity contribution in [3.05, 3.63) is 47.7 Å². The van der Waals surface area contributed by atoms with Gasteiger partial charge in [-0.1, -0.05) is 18.2 Å². The third-order valence-corrected chi connectivity index (χ3v) is 5.71. The van der Waals surface area contributed by atoms with Crippen molar-refractivity contribution in [2.45, 2.75) is 45.6 Å². The Morgan fingerprint density at radius 2 is 1.93 bits per heavy atom. The summed E-state index contributed by atoms with van der Waals surface area (Å²) in [5.41, 5.74) is 1.25. The second-order valence-electron chi connectivity index (χ2n) is 7.91. The molecule has 0 saturated carbocycles. The molecule has 1 unspecified atom stereocenters. The first-order valence-electron chi connectivity index (χ1n) is 9.78. The lowest BCUT2D eigenvalue weighted by Gasteiger charge is -2.39. The predicted octanol–water partition coefficient (Wildman–Crippen LogP) is 3.10. The molecule has 1 saturated heterocycles. The number of fused-ring (bicyclic) bond motifs is 1. The normalized spacial score (nSPS) is 22.2. The number of piperidine rings is 1. The molecule has 2 aromatic rings. The molecular weight excluding hydrogens is 340 g/mol. The number of nitrogens with one attached hydrogen (secondary N) is 1. The van der Waals surface area contributed by atoms with Crippen LogP contribution in [0, 0.1) is 5.41 Å². The van der Waals surface area contributed by atoms with Gasteiger partial charge in [0.2, 0.25) is 5.91 Å². The summed E-state index contributed by atoms with van der Waals surface area (Å²) in [5.74, 6) is 0.569. The molecule has 2 aliphatic heterocycles. The topological polar surface area (TPSA) is 67.2 Å². The highest BCUT2D eigenvalue weighted by Gasteiger charge is 2.39. The third kappa shape index (κ3) is 3.61. The third-order valence-electron chi connectivity index (χ3n) is 5.71. The van der Waals surface area contributed by atoms with Gasteiger partial charge < -0.3 is 10.2 Å². The lowest BCUT2D eigenvalue weighted by Crippen LogP contribution is -2.50. The Bertz CT molecular complexity index is 822. The minimum Gasteiger partial charge on any atom is -0.338 e. The molecule has 1 aromatic carbocycles. The van der Waals surface area contributed by atoms with Crippen molar-refractivity contribution in [2.75, 3.05) is 18.4 Å². The Morgan fingerprint density at radius 1 is 1.11 bits per heavy atom. The summed E-state index contributed by atoms with van der Waals surface area (Å²) in [6.45, 7) is 3.99. The number of aryl methyl sites for hydroxylation is 2. The van der Waals surface area contributed by atoms with Gasteiger partial charge in [0.15, 0.2) is 5.82 Å². The maximum absolute atomic E-state index is 13.0. The van der Waals surface area contributed by atoms with Crippen molar-refractivity contribution in [1.29, 1.82) is 0 Å². The summed E-state index contributed by atoms with van der Waals surface area (Å²) < 4.78 is 1.99. The van der Waals surface area contributed by atoms with Crippen LogP contribution in [0.5, 0.6) is 0 Å². The number of anilines is 1. The minimum atomic E-state index is -0.604. The van der Waals surface area contributed by atoms with Crippen LogP contribution < -0.4 is 5.32 Å². The zero-order valence-corrected chi connectivity index (χ0v) is 15.8. The van der Waals surface area contributed by atoms with Gasteiger partial charge in [0, 0.05) is 37.0 Å². The van der Waals surface area contributed by atoms with E-state index in [2.05, 4.69) is 10.4 Å². The van der Waals surface area contributed by atoms with Crippen LogP contribution in [-0.4, -0.2) is 39.6 Å². The average molecular weight is 366 g/mol. The van der Waals surface area contributed by atoms with E-state index >= 15 is 0 Å². The Labute approximate surface area is 159 Å². The van der Waals surface area contributed by atoms with E-state index in [1.807, 2.05) is 48.0 Å². The van der Waals surface area contributed by atoms with Crippen LogP contribution in [0.2, 0.25) is 0 Å². The molecule has 2 aliphatic rings. The van der Waals surface area contributed by atoms with Crippen LogP contribution >= 0.6 is 0 Å². The molecule has 1 aromatic heterocycles. The Morgan fingerprint density at radius 3 is 2.70 bits per heavy atom. The molecule has 1 atom stereocenters. The van der Waals surface area contributed by atoms with Crippen LogP contribution in [0.15, 0.2) is 36.4 Å². The summed E-state index contributed by atoms with van der Waals surface area (Å²) in [5, 5.41) is 7.52. The minimum absolute atomic E-state index is 0.00761. The van der Waals surface area contributed by atoms with Gasteiger partial charge in [-0.15, -0.1) is 0 Å². The molecule has 142 valence electrons. The van der Waals surface area contributed by atoms with Crippen molar-refractivity contribution >= 4 is 17.6 Å². The second-order valence-corrected chi connectivity index (χ2v) is 7.91. The summed E-state index contributed by atoms with van der Waals surface area (Å²) in [6, 6.07) is 11.3. The molecule has 0 spiro atoms. The van der Waals surface area contributed by atoms with E-state index in [-0.39, 0.29) is 11.8 Å². The summed E-state index contributed by atoms with van der Waals surface area (Å²) in [4.78, 5) is 27.6. The second kappa shape index (κ2) is 7.18. The van der Waals surface area contributed by atoms with E-state index in [0.717, 1.165) is 32.2 Å². The fourth-order valence-corrected chi connectivity index (χ4v) is 4.11. The van der Waals surface area contributed by atoms with E-state index in [1.54, 1.807) is 4.90 Å². The summed E-state index contributed by atoms with van der Waals surface area (Å²) in [6.07, 6.45) is 4.91. The largest absolute Gasteiger partial charge is 0.338 e. The molecule has 6 nitrogen and oxygen atoms in total. The Kier molecular flexibility index (Phi) is 4.72. The van der Waals surface area contributed by atoms with Crippen molar-refractivity contribution in [3.8, 4) is 0 Å². The van der Waals surface area contributed by atoms with Gasteiger partial charge >= 0.3 is 0 Å². The van der Waals surface area contributed by atoms with Crippen LogP contribution in [0.1, 0.15) is 48.7 Å². The van der Waals surface area contributed by atoms with Crippen LogP contribution in [-0.2, 0) is 17.8 Å². The highest BCUT2D eigenvalue weighted by Crippen LogP contribution is 2.32. The van der Waals surface area contributed by atoms with Crippen molar-refractivity contribution in [3.63, 3.8) is 0 Å². The van der Waals surface area contributed by atoms with E-state index in [0.29, 0.717) is 24.5 Å². The van der Waals surface area contributed by atoms with Crippen LogP contribution in [0.3, 0.4) is 0 Å². The first-order chi connectivity index (χ1) is 13.0. The van der Waals surface area contributed by atoms with Gasteiger partial charge in [-0.2, -0.15) is 5.10 Å². The maximum atomic E-state index is 13.0. The number of hydrogen-bond acceptors (Lipinski definition) is 3. The van der Waals surface area contributed by atoms with Gasteiger partial charge in [-0.05, 0) is 51.2 Å². The Hall–Kier alpha value is -2.63. The SMILES string of the molecule is CC1(C(=O)Nc2cc3n(n2)CCCC3)CCCN(C(=O)c2ccccc2)C1. The van der Waals surface area contributed by atoms with Crippen molar-refractivity contribution in [2.24, 2.45) is 5.41 Å². The highest BCUT2D eigenvalue weighted by atomic mass is 16.2. The van der Waals surface area contributed by atoms with Crippen molar-refractivity contribution < 1.29 is 9.59 Å². The monoisotopic (exact) mass is 366 g/mol. The first-order valence-corrected chi connectivity index (χ1v) is 9.78. The maximum Gasteiger partial charge on any atom is 0.253 e. The predicted molar refractivity (Wildman–Crippen MR) is 103 cm³/mol. The fraction of sp³-hybridized carbons (Fsp3) is 0.476. The molecule has 3 heterocycles. The molecule has 6 heteroatoms. The first kappa shape index (κ1) is 17.8. The highest BCUT2D eigenvalue weighted by molar-refractivity contribution is 5.97. The zero-order valence-electron chi connectivity index (χ0n) is 15.8. The molecule has 0 bridgehead atoms. The summed E-state index contributed by atoms with van der Waals surface area (Å²) in [7, 11) is 0. The average Bonchev–Trinajstić information content (AvgIpc) is 3.10. The summed E-state index contributed by atoms with van der Waals surface area (Å²) >= 11 is 0. The zero-order chi connectivity index (χ0) is 18.9. The molecule has 4 rings (SSSR count). The number of likely N-dealkylation sites (tertiary alicyclic amines) is 1. The number of nitrogens with zero attached hydrogens (tertiary/aromatic N) is 3. The van der Waals surface area contributed by atoms with Gasteiger partial charge in [0.05, 0.1) is 5.41 Å². The number of benzene rings is 1. The number of carbonyl (C=O) groups is 2. The molecular formula is C21H26N4O2. The molecule has 2 amide bonds. The van der Waals surface area contributed by atoms with Gasteiger partial charge in [0.1, 0.15) is 0 Å².